The highest BCUT2D eigenvalue weighted by Crippen LogP contribution is 2.37. The van der Waals surface area contributed by atoms with Gasteiger partial charge < -0.3 is 15.0 Å². The van der Waals surface area contributed by atoms with Crippen LogP contribution in [0, 0.1) is 5.92 Å². The molecule has 1 N–H and O–H groups in total. The van der Waals surface area contributed by atoms with E-state index in [1.54, 1.807) is 7.11 Å². The first-order valence-electron chi connectivity index (χ1n) is 7.90. The van der Waals surface area contributed by atoms with E-state index in [1.165, 1.54) is 11.3 Å². The average Bonchev–Trinajstić information content (AvgIpc) is 3.22. The number of rotatable bonds is 5. The van der Waals surface area contributed by atoms with Gasteiger partial charge in [0.05, 0.1) is 7.11 Å². The molecule has 1 aromatic carbocycles. The number of hydrogen-bond acceptors (Lipinski definition) is 4. The van der Waals surface area contributed by atoms with Gasteiger partial charge in [0.25, 0.3) is 5.91 Å². The third kappa shape index (κ3) is 3.41. The zero-order valence-electron chi connectivity index (χ0n) is 13.5. The van der Waals surface area contributed by atoms with E-state index in [1.807, 2.05) is 36.2 Å². The molecule has 0 bridgehead atoms. The first kappa shape index (κ1) is 16.0. The molecule has 1 aliphatic heterocycles. The summed E-state index contributed by atoms with van der Waals surface area (Å²) in [7, 11) is 3.58. The molecular weight excluding hydrogens is 308 g/mol. The first-order chi connectivity index (χ1) is 11.2. The minimum atomic E-state index is 0.0904. The van der Waals surface area contributed by atoms with Crippen molar-refractivity contribution in [2.45, 2.75) is 6.42 Å². The summed E-state index contributed by atoms with van der Waals surface area (Å²) >= 11 is 1.51. The van der Waals surface area contributed by atoms with Gasteiger partial charge in [-0.15, -0.1) is 11.3 Å². The van der Waals surface area contributed by atoms with Gasteiger partial charge in [0.2, 0.25) is 0 Å². The number of ether oxygens (including phenoxy) is 1. The quantitative estimate of drug-likeness (QED) is 0.916. The maximum Gasteiger partial charge on any atom is 0.267 e. The third-order valence-electron chi connectivity index (χ3n) is 4.24. The van der Waals surface area contributed by atoms with E-state index in [2.05, 4.69) is 17.4 Å². The number of carbonyl (C=O) groups is 1. The summed E-state index contributed by atoms with van der Waals surface area (Å²) in [5.74, 6) is 1.31. The molecule has 122 valence electrons. The summed E-state index contributed by atoms with van der Waals surface area (Å²) in [6, 6.07) is 12.1. The Balaban J connectivity index is 1.82. The first-order valence-corrected chi connectivity index (χ1v) is 8.71. The van der Waals surface area contributed by atoms with Crippen LogP contribution in [-0.4, -0.2) is 44.6 Å². The van der Waals surface area contributed by atoms with E-state index in [-0.39, 0.29) is 5.91 Å². The normalized spacial score (nSPS) is 17.5. The summed E-state index contributed by atoms with van der Waals surface area (Å²) in [5.41, 5.74) is 1.12. The fourth-order valence-corrected chi connectivity index (χ4v) is 4.13. The van der Waals surface area contributed by atoms with Crippen molar-refractivity contribution < 1.29 is 9.53 Å². The standard InChI is InChI=1S/C18H22N2O2S/c1-19-11-13-8-9-20(12-13)18(21)17-15(22-2)10-16(23-17)14-6-4-3-5-7-14/h3-7,10,13,19H,8-9,11-12H2,1-2H3. The fraction of sp³-hybridized carbons (Fsp3) is 0.389. The van der Waals surface area contributed by atoms with Crippen molar-refractivity contribution in [1.82, 2.24) is 10.2 Å². The van der Waals surface area contributed by atoms with Crippen LogP contribution >= 0.6 is 11.3 Å². The molecule has 3 rings (SSSR count). The molecule has 1 aliphatic rings. The maximum absolute atomic E-state index is 12.9. The second kappa shape index (κ2) is 7.15. The molecule has 0 spiro atoms. The molecule has 1 unspecified atom stereocenters. The van der Waals surface area contributed by atoms with E-state index >= 15 is 0 Å². The lowest BCUT2D eigenvalue weighted by atomic mass is 10.1. The molecule has 1 saturated heterocycles. The van der Waals surface area contributed by atoms with Crippen LogP contribution in [0.15, 0.2) is 36.4 Å². The van der Waals surface area contributed by atoms with Gasteiger partial charge in [-0.2, -0.15) is 0 Å². The lowest BCUT2D eigenvalue weighted by Gasteiger charge is -2.16. The summed E-state index contributed by atoms with van der Waals surface area (Å²) < 4.78 is 5.45. The Kier molecular flexibility index (Phi) is 4.98. The smallest absolute Gasteiger partial charge is 0.267 e. The van der Waals surface area contributed by atoms with Crippen LogP contribution < -0.4 is 10.1 Å². The molecule has 2 heterocycles. The largest absolute Gasteiger partial charge is 0.495 e. The Labute approximate surface area is 141 Å². The zero-order valence-corrected chi connectivity index (χ0v) is 14.4. The highest BCUT2D eigenvalue weighted by molar-refractivity contribution is 7.17. The minimum absolute atomic E-state index is 0.0904. The lowest BCUT2D eigenvalue weighted by molar-refractivity contribution is 0.0789. The van der Waals surface area contributed by atoms with Crippen molar-refractivity contribution in [3.05, 3.63) is 41.3 Å². The van der Waals surface area contributed by atoms with Crippen LogP contribution in [0.2, 0.25) is 0 Å². The van der Waals surface area contributed by atoms with E-state index in [4.69, 9.17) is 4.74 Å². The Morgan fingerprint density at radius 2 is 2.17 bits per heavy atom. The highest BCUT2D eigenvalue weighted by atomic mass is 32.1. The van der Waals surface area contributed by atoms with E-state index in [0.29, 0.717) is 16.5 Å². The van der Waals surface area contributed by atoms with Crippen molar-refractivity contribution in [3.8, 4) is 16.2 Å². The molecular formula is C18H22N2O2S. The molecule has 1 amide bonds. The van der Waals surface area contributed by atoms with Crippen molar-refractivity contribution in [1.29, 1.82) is 0 Å². The monoisotopic (exact) mass is 330 g/mol. The Morgan fingerprint density at radius 1 is 1.39 bits per heavy atom. The predicted octanol–water partition coefficient (Wildman–Crippen LogP) is 3.11. The van der Waals surface area contributed by atoms with Gasteiger partial charge >= 0.3 is 0 Å². The number of amides is 1. The fourth-order valence-electron chi connectivity index (χ4n) is 3.04. The number of thiophene rings is 1. The summed E-state index contributed by atoms with van der Waals surface area (Å²) in [6.07, 6.45) is 1.06. The van der Waals surface area contributed by atoms with Crippen LogP contribution in [0.3, 0.4) is 0 Å². The van der Waals surface area contributed by atoms with Crippen LogP contribution in [-0.2, 0) is 0 Å². The van der Waals surface area contributed by atoms with Gasteiger partial charge in [-0.25, -0.2) is 0 Å². The lowest BCUT2D eigenvalue weighted by Crippen LogP contribution is -2.30. The zero-order chi connectivity index (χ0) is 16.2. The van der Waals surface area contributed by atoms with Gasteiger partial charge in [-0.05, 0) is 37.6 Å². The van der Waals surface area contributed by atoms with Gasteiger partial charge in [0, 0.05) is 18.0 Å². The second-order valence-electron chi connectivity index (χ2n) is 5.84. The molecule has 1 aromatic heterocycles. The predicted molar refractivity (Wildman–Crippen MR) is 94.2 cm³/mol. The molecule has 23 heavy (non-hydrogen) atoms. The number of methoxy groups -OCH3 is 1. The number of nitrogens with zero attached hydrogens (tertiary/aromatic N) is 1. The van der Waals surface area contributed by atoms with E-state index in [9.17, 15) is 4.79 Å². The number of hydrogen-bond donors (Lipinski definition) is 1. The van der Waals surface area contributed by atoms with Crippen LogP contribution in [0.25, 0.3) is 10.4 Å². The molecule has 4 nitrogen and oxygen atoms in total. The van der Waals surface area contributed by atoms with Crippen LogP contribution in [0.5, 0.6) is 5.75 Å². The molecule has 0 saturated carbocycles. The topological polar surface area (TPSA) is 41.6 Å². The van der Waals surface area contributed by atoms with Crippen LogP contribution in [0.1, 0.15) is 16.1 Å². The van der Waals surface area contributed by atoms with E-state index in [0.717, 1.165) is 36.5 Å². The third-order valence-corrected chi connectivity index (χ3v) is 5.39. The number of likely N-dealkylation sites (tertiary alicyclic amines) is 1. The highest BCUT2D eigenvalue weighted by Gasteiger charge is 2.29. The minimum Gasteiger partial charge on any atom is -0.495 e. The van der Waals surface area contributed by atoms with Gasteiger partial charge in [-0.1, -0.05) is 30.3 Å². The number of benzene rings is 1. The second-order valence-corrected chi connectivity index (χ2v) is 6.89. The number of nitrogens with one attached hydrogen (secondary N) is 1. The van der Waals surface area contributed by atoms with Crippen molar-refractivity contribution >= 4 is 17.2 Å². The molecule has 1 fully saturated rings. The van der Waals surface area contributed by atoms with Gasteiger partial charge in [0.15, 0.2) is 0 Å². The maximum atomic E-state index is 12.9. The summed E-state index contributed by atoms with van der Waals surface area (Å²) in [5, 5.41) is 3.20. The van der Waals surface area contributed by atoms with E-state index < -0.39 is 0 Å². The number of carbonyl (C=O) groups excluding carboxylic acids is 1. The molecule has 5 heteroatoms. The molecule has 2 aromatic rings. The molecule has 1 atom stereocenters. The molecule has 0 aliphatic carbocycles. The Hall–Kier alpha value is -1.85. The van der Waals surface area contributed by atoms with Gasteiger partial charge in [-0.3, -0.25) is 4.79 Å². The van der Waals surface area contributed by atoms with Gasteiger partial charge in [0.1, 0.15) is 10.6 Å². The average molecular weight is 330 g/mol. The summed E-state index contributed by atoms with van der Waals surface area (Å²) in [6.45, 7) is 2.61. The molecule has 0 radical (unpaired) electrons. The van der Waals surface area contributed by atoms with Crippen LogP contribution in [0.4, 0.5) is 0 Å². The Bertz CT molecular complexity index is 669. The van der Waals surface area contributed by atoms with Crippen molar-refractivity contribution in [2.24, 2.45) is 5.92 Å². The summed E-state index contributed by atoms with van der Waals surface area (Å²) in [4.78, 5) is 16.6. The van der Waals surface area contributed by atoms with Crippen molar-refractivity contribution in [3.63, 3.8) is 0 Å². The SMILES string of the molecule is CNCC1CCN(C(=O)c2sc(-c3ccccc3)cc2OC)C1. The van der Waals surface area contributed by atoms with Crippen molar-refractivity contribution in [2.75, 3.05) is 33.8 Å². The Morgan fingerprint density at radius 3 is 2.87 bits per heavy atom.